The number of aromatic carboxylic acids is 1. The molecule has 4 rings (SSSR count). The fraction of sp³-hybridized carbons (Fsp3) is 0.346. The van der Waals surface area contributed by atoms with Crippen LogP contribution in [0.15, 0.2) is 54.7 Å². The Kier molecular flexibility index (Phi) is 6.22. The summed E-state index contributed by atoms with van der Waals surface area (Å²) in [5, 5.41) is 10.1. The molecule has 0 spiro atoms. The van der Waals surface area contributed by atoms with Gasteiger partial charge in [-0.1, -0.05) is 18.2 Å². The minimum absolute atomic E-state index is 0.0954. The first-order valence-electron chi connectivity index (χ1n) is 11.1. The Balaban J connectivity index is 1.46. The van der Waals surface area contributed by atoms with E-state index in [1.54, 1.807) is 4.90 Å². The largest absolute Gasteiger partial charge is 0.489 e. The van der Waals surface area contributed by atoms with E-state index in [-0.39, 0.29) is 17.8 Å². The molecule has 1 atom stereocenters. The van der Waals surface area contributed by atoms with Gasteiger partial charge in [-0.15, -0.1) is 0 Å². The van der Waals surface area contributed by atoms with E-state index < -0.39 is 11.6 Å². The molecule has 1 aromatic heterocycles. The number of aromatic nitrogens is 1. The van der Waals surface area contributed by atoms with Crippen molar-refractivity contribution in [1.82, 2.24) is 9.88 Å². The molecule has 1 unspecified atom stereocenters. The number of pyridine rings is 1. The molecule has 1 N–H and O–H groups in total. The monoisotopic (exact) mass is 448 g/mol. The smallest absolute Gasteiger partial charge is 0.410 e. The van der Waals surface area contributed by atoms with Crippen LogP contribution in [0.4, 0.5) is 4.79 Å². The first-order chi connectivity index (χ1) is 15.7. The molecular formula is C26H28N2O5. The van der Waals surface area contributed by atoms with Crippen molar-refractivity contribution in [3.05, 3.63) is 60.3 Å². The number of hydrogen-bond acceptors (Lipinski definition) is 5. The molecule has 1 saturated heterocycles. The summed E-state index contributed by atoms with van der Waals surface area (Å²) in [5.74, 6) is -0.250. The number of carboxylic acids is 1. The van der Waals surface area contributed by atoms with Gasteiger partial charge in [0.1, 0.15) is 17.5 Å². The van der Waals surface area contributed by atoms with E-state index in [2.05, 4.69) is 4.98 Å². The van der Waals surface area contributed by atoms with Crippen LogP contribution in [-0.4, -0.2) is 51.8 Å². The third-order valence-electron chi connectivity index (χ3n) is 5.49. The normalized spacial score (nSPS) is 16.5. The van der Waals surface area contributed by atoms with E-state index in [1.807, 2.05) is 63.2 Å². The number of carboxylic acid groups (broad SMARTS) is 1. The summed E-state index contributed by atoms with van der Waals surface area (Å²) in [6, 6.07) is 14.8. The first-order valence-corrected chi connectivity index (χ1v) is 11.1. The number of nitrogens with zero attached hydrogens (tertiary/aromatic N) is 2. The van der Waals surface area contributed by atoms with E-state index in [0.29, 0.717) is 24.0 Å². The Morgan fingerprint density at radius 1 is 1.06 bits per heavy atom. The van der Waals surface area contributed by atoms with Gasteiger partial charge in [-0.25, -0.2) is 9.59 Å². The minimum Gasteiger partial charge on any atom is -0.489 e. The lowest BCUT2D eigenvalue weighted by atomic mass is 10.0. The van der Waals surface area contributed by atoms with Gasteiger partial charge < -0.3 is 19.5 Å². The number of carbonyl (C=O) groups excluding carboxylic acids is 1. The fourth-order valence-corrected chi connectivity index (χ4v) is 3.96. The van der Waals surface area contributed by atoms with Crippen molar-refractivity contribution in [2.24, 2.45) is 0 Å². The molecule has 7 nitrogen and oxygen atoms in total. The number of benzene rings is 2. The summed E-state index contributed by atoms with van der Waals surface area (Å²) >= 11 is 0. The van der Waals surface area contributed by atoms with Gasteiger partial charge in [0.2, 0.25) is 0 Å². The van der Waals surface area contributed by atoms with Crippen LogP contribution in [0.1, 0.15) is 44.0 Å². The number of hydrogen-bond donors (Lipinski definition) is 1. The third kappa shape index (κ3) is 5.42. The SMILES string of the molecule is CC(C)(C)OC(=O)N1CCCC(Oc2ccc(-c3ccc4nccc(C(=O)O)c4c3)cc2)C1. The van der Waals surface area contributed by atoms with Crippen molar-refractivity contribution < 1.29 is 24.2 Å². The van der Waals surface area contributed by atoms with E-state index in [9.17, 15) is 14.7 Å². The lowest BCUT2D eigenvalue weighted by Crippen LogP contribution is -2.46. The van der Waals surface area contributed by atoms with E-state index in [4.69, 9.17) is 9.47 Å². The fourth-order valence-electron chi connectivity index (χ4n) is 3.96. The van der Waals surface area contributed by atoms with Crippen LogP contribution < -0.4 is 4.74 Å². The van der Waals surface area contributed by atoms with Crippen LogP contribution in [0.2, 0.25) is 0 Å². The molecule has 0 saturated carbocycles. The quantitative estimate of drug-likeness (QED) is 0.577. The summed E-state index contributed by atoms with van der Waals surface area (Å²) in [6.07, 6.45) is 2.84. The molecule has 1 fully saturated rings. The van der Waals surface area contributed by atoms with Gasteiger partial charge in [0.05, 0.1) is 17.6 Å². The van der Waals surface area contributed by atoms with Gasteiger partial charge >= 0.3 is 12.1 Å². The van der Waals surface area contributed by atoms with Crippen LogP contribution in [0.3, 0.4) is 0 Å². The van der Waals surface area contributed by atoms with Gasteiger partial charge in [0.15, 0.2) is 0 Å². The highest BCUT2D eigenvalue weighted by Crippen LogP contribution is 2.28. The standard InChI is InChI=1S/C26H28N2O5/c1-26(2,3)33-25(31)28-14-4-5-20(16-28)32-19-9-6-17(7-10-19)18-8-11-23-22(15-18)21(24(29)30)12-13-27-23/h6-13,15,20H,4-5,14,16H2,1-3H3,(H,29,30). The van der Waals surface area contributed by atoms with Crippen LogP contribution in [0.5, 0.6) is 5.75 Å². The summed E-state index contributed by atoms with van der Waals surface area (Å²) in [7, 11) is 0. The van der Waals surface area contributed by atoms with Gasteiger partial charge in [-0.2, -0.15) is 0 Å². The zero-order valence-electron chi connectivity index (χ0n) is 19.1. The molecule has 172 valence electrons. The Labute approximate surface area is 193 Å². The lowest BCUT2D eigenvalue weighted by Gasteiger charge is -2.34. The second-order valence-electron chi connectivity index (χ2n) is 9.23. The molecule has 0 aliphatic carbocycles. The van der Waals surface area contributed by atoms with E-state index >= 15 is 0 Å². The van der Waals surface area contributed by atoms with Crippen molar-refractivity contribution in [3.8, 4) is 16.9 Å². The van der Waals surface area contributed by atoms with Crippen molar-refractivity contribution in [1.29, 1.82) is 0 Å². The highest BCUT2D eigenvalue weighted by Gasteiger charge is 2.28. The lowest BCUT2D eigenvalue weighted by molar-refractivity contribution is 0.00775. The van der Waals surface area contributed by atoms with Gasteiger partial charge in [-0.3, -0.25) is 4.98 Å². The molecule has 3 aromatic rings. The zero-order chi connectivity index (χ0) is 23.6. The number of likely N-dealkylation sites (tertiary alicyclic amines) is 1. The zero-order valence-corrected chi connectivity index (χ0v) is 19.1. The second-order valence-corrected chi connectivity index (χ2v) is 9.23. The summed E-state index contributed by atoms with van der Waals surface area (Å²) in [6.45, 7) is 6.74. The predicted octanol–water partition coefficient (Wildman–Crippen LogP) is 5.38. The summed E-state index contributed by atoms with van der Waals surface area (Å²) in [5.41, 5.74) is 2.20. The predicted molar refractivity (Wildman–Crippen MR) is 126 cm³/mol. The Morgan fingerprint density at radius 3 is 2.48 bits per heavy atom. The van der Waals surface area contributed by atoms with Crippen molar-refractivity contribution >= 4 is 23.0 Å². The molecule has 1 aliphatic heterocycles. The third-order valence-corrected chi connectivity index (χ3v) is 5.49. The number of amides is 1. The van der Waals surface area contributed by atoms with Gasteiger partial charge in [0.25, 0.3) is 0 Å². The molecule has 1 amide bonds. The average molecular weight is 449 g/mol. The van der Waals surface area contributed by atoms with Crippen LogP contribution in [-0.2, 0) is 4.74 Å². The van der Waals surface area contributed by atoms with E-state index in [1.165, 1.54) is 12.3 Å². The van der Waals surface area contributed by atoms with Crippen molar-refractivity contribution in [2.75, 3.05) is 13.1 Å². The number of piperidine rings is 1. The molecule has 1 aliphatic rings. The van der Waals surface area contributed by atoms with Crippen molar-refractivity contribution in [3.63, 3.8) is 0 Å². The first kappa shape index (κ1) is 22.6. The number of ether oxygens (including phenoxy) is 2. The van der Waals surface area contributed by atoms with Crippen LogP contribution in [0, 0.1) is 0 Å². The van der Waals surface area contributed by atoms with E-state index in [0.717, 1.165) is 29.7 Å². The average Bonchev–Trinajstić information content (AvgIpc) is 2.78. The minimum atomic E-state index is -0.976. The Morgan fingerprint density at radius 2 is 1.79 bits per heavy atom. The molecular weight excluding hydrogens is 420 g/mol. The molecule has 33 heavy (non-hydrogen) atoms. The van der Waals surface area contributed by atoms with Crippen LogP contribution >= 0.6 is 0 Å². The topological polar surface area (TPSA) is 89.0 Å². The maximum absolute atomic E-state index is 12.4. The molecule has 7 heteroatoms. The second kappa shape index (κ2) is 9.10. The highest BCUT2D eigenvalue weighted by atomic mass is 16.6. The summed E-state index contributed by atoms with van der Waals surface area (Å²) in [4.78, 5) is 29.9. The number of carbonyl (C=O) groups is 2. The number of rotatable bonds is 4. The highest BCUT2D eigenvalue weighted by molar-refractivity contribution is 6.03. The molecule has 0 bridgehead atoms. The Bertz CT molecular complexity index is 1170. The van der Waals surface area contributed by atoms with Crippen molar-refractivity contribution in [2.45, 2.75) is 45.3 Å². The molecule has 2 aromatic carbocycles. The molecule has 0 radical (unpaired) electrons. The van der Waals surface area contributed by atoms with Gasteiger partial charge in [0, 0.05) is 18.1 Å². The number of fused-ring (bicyclic) bond motifs is 1. The maximum Gasteiger partial charge on any atom is 0.410 e. The molecule has 2 heterocycles. The van der Waals surface area contributed by atoms with Gasteiger partial charge in [-0.05, 0) is 75.1 Å². The summed E-state index contributed by atoms with van der Waals surface area (Å²) < 4.78 is 11.6. The maximum atomic E-state index is 12.4. The van der Waals surface area contributed by atoms with Crippen LogP contribution in [0.25, 0.3) is 22.0 Å². The Hall–Kier alpha value is -3.61.